The SMILES string of the molecule is O=C(O)c1cccc(-c2csc(=O)[nH]2)c1. The number of hydrogen-bond donors (Lipinski definition) is 2. The van der Waals surface area contributed by atoms with Gasteiger partial charge in [0.1, 0.15) is 0 Å². The van der Waals surface area contributed by atoms with Crippen LogP contribution in [0.1, 0.15) is 10.4 Å². The molecule has 0 aliphatic carbocycles. The number of carboxylic acid groups (broad SMARTS) is 1. The van der Waals surface area contributed by atoms with Crippen LogP contribution in [0.4, 0.5) is 0 Å². The Hall–Kier alpha value is -1.88. The molecule has 0 saturated heterocycles. The zero-order valence-electron chi connectivity index (χ0n) is 7.56. The Morgan fingerprint density at radius 3 is 2.80 bits per heavy atom. The van der Waals surface area contributed by atoms with Crippen LogP contribution in [0.5, 0.6) is 0 Å². The molecular weight excluding hydrogens is 214 g/mol. The molecule has 2 aromatic rings. The number of rotatable bonds is 2. The van der Waals surface area contributed by atoms with Crippen molar-refractivity contribution in [2.75, 3.05) is 0 Å². The quantitative estimate of drug-likeness (QED) is 0.812. The predicted octanol–water partition coefficient (Wildman–Crippen LogP) is 1.80. The Morgan fingerprint density at radius 1 is 1.40 bits per heavy atom. The lowest BCUT2D eigenvalue weighted by molar-refractivity contribution is 0.0697. The van der Waals surface area contributed by atoms with E-state index >= 15 is 0 Å². The number of aromatic nitrogens is 1. The molecule has 0 bridgehead atoms. The van der Waals surface area contributed by atoms with E-state index in [0.717, 1.165) is 11.3 Å². The fourth-order valence-electron chi connectivity index (χ4n) is 1.24. The third-order valence-corrected chi connectivity index (χ3v) is 2.61. The minimum atomic E-state index is -0.977. The summed E-state index contributed by atoms with van der Waals surface area (Å²) in [6.45, 7) is 0. The van der Waals surface area contributed by atoms with Gasteiger partial charge in [-0.1, -0.05) is 23.5 Å². The maximum absolute atomic E-state index is 10.9. The Bertz CT molecular complexity index is 556. The van der Waals surface area contributed by atoms with Crippen molar-refractivity contribution in [1.29, 1.82) is 0 Å². The molecule has 15 heavy (non-hydrogen) atoms. The largest absolute Gasteiger partial charge is 0.478 e. The average Bonchev–Trinajstić information content (AvgIpc) is 2.65. The zero-order valence-corrected chi connectivity index (χ0v) is 8.38. The van der Waals surface area contributed by atoms with Crippen molar-refractivity contribution in [2.24, 2.45) is 0 Å². The van der Waals surface area contributed by atoms with Crippen LogP contribution in [0.2, 0.25) is 0 Å². The van der Waals surface area contributed by atoms with Crippen LogP contribution in [-0.4, -0.2) is 16.1 Å². The molecule has 0 unspecified atom stereocenters. The first-order valence-corrected chi connectivity index (χ1v) is 5.06. The zero-order chi connectivity index (χ0) is 10.8. The molecule has 0 radical (unpaired) electrons. The third kappa shape index (κ3) is 1.97. The molecule has 5 heteroatoms. The lowest BCUT2D eigenvalue weighted by Crippen LogP contribution is -1.97. The molecule has 1 aromatic heterocycles. The van der Waals surface area contributed by atoms with Crippen LogP contribution in [-0.2, 0) is 0 Å². The first kappa shape index (κ1) is 9.67. The second-order valence-electron chi connectivity index (χ2n) is 2.95. The molecule has 0 aliphatic heterocycles. The van der Waals surface area contributed by atoms with Gasteiger partial charge >= 0.3 is 10.8 Å². The molecule has 0 amide bonds. The first-order chi connectivity index (χ1) is 7.16. The minimum Gasteiger partial charge on any atom is -0.478 e. The summed E-state index contributed by atoms with van der Waals surface area (Å²) in [6, 6.07) is 6.44. The molecule has 0 fully saturated rings. The minimum absolute atomic E-state index is 0.147. The summed E-state index contributed by atoms with van der Waals surface area (Å²) < 4.78 is 0. The van der Waals surface area contributed by atoms with Crippen molar-refractivity contribution in [2.45, 2.75) is 0 Å². The van der Waals surface area contributed by atoms with Gasteiger partial charge in [-0.15, -0.1) is 0 Å². The number of thiazole rings is 1. The summed E-state index contributed by atoms with van der Waals surface area (Å²) >= 11 is 1.05. The molecule has 76 valence electrons. The molecule has 0 saturated carbocycles. The van der Waals surface area contributed by atoms with Crippen molar-refractivity contribution < 1.29 is 9.90 Å². The highest BCUT2D eigenvalue weighted by atomic mass is 32.1. The van der Waals surface area contributed by atoms with Crippen molar-refractivity contribution in [3.8, 4) is 11.3 Å². The van der Waals surface area contributed by atoms with Gasteiger partial charge in [0.05, 0.1) is 11.3 Å². The Kier molecular flexibility index (Phi) is 2.39. The molecule has 4 nitrogen and oxygen atoms in total. The molecule has 1 heterocycles. The lowest BCUT2D eigenvalue weighted by Gasteiger charge is -1.98. The average molecular weight is 221 g/mol. The third-order valence-electron chi connectivity index (χ3n) is 1.94. The van der Waals surface area contributed by atoms with E-state index in [9.17, 15) is 9.59 Å². The van der Waals surface area contributed by atoms with Crippen LogP contribution in [0.15, 0.2) is 34.4 Å². The number of carboxylic acids is 1. The number of hydrogen-bond acceptors (Lipinski definition) is 3. The molecule has 1 aromatic carbocycles. The second-order valence-corrected chi connectivity index (χ2v) is 3.79. The van der Waals surface area contributed by atoms with Crippen molar-refractivity contribution in [3.63, 3.8) is 0 Å². The number of carbonyl (C=O) groups is 1. The predicted molar refractivity (Wildman–Crippen MR) is 57.3 cm³/mol. The molecular formula is C10H7NO3S. The standard InChI is InChI=1S/C10H7NO3S/c12-9(13)7-3-1-2-6(4-7)8-5-15-10(14)11-8/h1-5H,(H,11,14)(H,12,13). The van der Waals surface area contributed by atoms with Gasteiger partial charge in [0.25, 0.3) is 0 Å². The van der Waals surface area contributed by atoms with E-state index in [2.05, 4.69) is 4.98 Å². The van der Waals surface area contributed by atoms with Gasteiger partial charge in [-0.2, -0.15) is 0 Å². The van der Waals surface area contributed by atoms with Crippen LogP contribution in [0, 0.1) is 0 Å². The van der Waals surface area contributed by atoms with Gasteiger partial charge < -0.3 is 10.1 Å². The smallest absolute Gasteiger partial charge is 0.335 e. The van der Waals surface area contributed by atoms with Crippen molar-refractivity contribution >= 4 is 17.3 Å². The normalized spacial score (nSPS) is 10.1. The summed E-state index contributed by atoms with van der Waals surface area (Å²) in [4.78, 5) is 24.1. The van der Waals surface area contributed by atoms with E-state index in [4.69, 9.17) is 5.11 Å². The topological polar surface area (TPSA) is 70.2 Å². The highest BCUT2D eigenvalue weighted by Gasteiger charge is 2.05. The van der Waals surface area contributed by atoms with Crippen molar-refractivity contribution in [1.82, 2.24) is 4.98 Å². The van der Waals surface area contributed by atoms with Crippen LogP contribution >= 0.6 is 11.3 Å². The summed E-state index contributed by atoms with van der Waals surface area (Å²) in [5, 5.41) is 10.5. The highest BCUT2D eigenvalue weighted by molar-refractivity contribution is 7.07. The molecule has 0 aliphatic rings. The van der Waals surface area contributed by atoms with Gasteiger partial charge in [-0.3, -0.25) is 4.79 Å². The molecule has 2 N–H and O–H groups in total. The van der Waals surface area contributed by atoms with E-state index in [1.54, 1.807) is 17.5 Å². The van der Waals surface area contributed by atoms with Crippen LogP contribution in [0.3, 0.4) is 0 Å². The fraction of sp³-hybridized carbons (Fsp3) is 0. The summed E-state index contributed by atoms with van der Waals surface area (Å²) in [5.41, 5.74) is 1.56. The van der Waals surface area contributed by atoms with Crippen LogP contribution < -0.4 is 4.87 Å². The van der Waals surface area contributed by atoms with Gasteiger partial charge in [0.15, 0.2) is 0 Å². The van der Waals surface area contributed by atoms with Crippen molar-refractivity contribution in [3.05, 3.63) is 44.9 Å². The second kappa shape index (κ2) is 3.70. The Balaban J connectivity index is 2.49. The van der Waals surface area contributed by atoms with Gasteiger partial charge in [-0.05, 0) is 17.7 Å². The number of aromatic amines is 1. The van der Waals surface area contributed by atoms with Gasteiger partial charge in [-0.25, -0.2) is 4.79 Å². The number of H-pyrrole nitrogens is 1. The Morgan fingerprint density at radius 2 is 2.20 bits per heavy atom. The Labute approximate surface area is 88.8 Å². The molecule has 0 atom stereocenters. The van der Waals surface area contributed by atoms with E-state index in [1.165, 1.54) is 12.1 Å². The number of aromatic carboxylic acids is 1. The summed E-state index contributed by atoms with van der Waals surface area (Å²) in [6.07, 6.45) is 0. The highest BCUT2D eigenvalue weighted by Crippen LogP contribution is 2.18. The molecule has 2 rings (SSSR count). The molecule has 0 spiro atoms. The first-order valence-electron chi connectivity index (χ1n) is 4.18. The summed E-state index contributed by atoms with van der Waals surface area (Å²) in [5.74, 6) is -0.977. The maximum Gasteiger partial charge on any atom is 0.335 e. The van der Waals surface area contributed by atoms with E-state index in [0.29, 0.717) is 11.3 Å². The number of nitrogens with one attached hydrogen (secondary N) is 1. The number of benzene rings is 1. The van der Waals surface area contributed by atoms with Gasteiger partial charge in [0.2, 0.25) is 0 Å². The van der Waals surface area contributed by atoms with E-state index < -0.39 is 5.97 Å². The maximum atomic E-state index is 10.9. The monoisotopic (exact) mass is 221 g/mol. The summed E-state index contributed by atoms with van der Waals surface area (Å²) in [7, 11) is 0. The van der Waals surface area contributed by atoms with Crippen LogP contribution in [0.25, 0.3) is 11.3 Å². The van der Waals surface area contributed by atoms with E-state index in [1.807, 2.05) is 0 Å². The fourth-order valence-corrected chi connectivity index (χ4v) is 1.83. The lowest BCUT2D eigenvalue weighted by atomic mass is 10.1. The van der Waals surface area contributed by atoms with E-state index in [-0.39, 0.29) is 10.4 Å². The van der Waals surface area contributed by atoms with Gasteiger partial charge in [0, 0.05) is 5.38 Å².